The Labute approximate surface area is 143 Å². The van der Waals surface area contributed by atoms with Gasteiger partial charge in [-0.25, -0.2) is 0 Å². The summed E-state index contributed by atoms with van der Waals surface area (Å²) >= 11 is 3.29. The number of carbonyl (C=O) groups excluding carboxylic acids is 3. The Morgan fingerprint density at radius 2 is 1.96 bits per heavy atom. The largest absolute Gasteiger partial charge is 0.354 e. The number of benzene rings is 1. The zero-order valence-electron chi connectivity index (χ0n) is 12.8. The van der Waals surface area contributed by atoms with Gasteiger partial charge in [0.25, 0.3) is 11.7 Å². The van der Waals surface area contributed by atoms with Crippen molar-refractivity contribution in [2.24, 2.45) is 5.92 Å². The Morgan fingerprint density at radius 1 is 1.22 bits per heavy atom. The quantitative estimate of drug-likeness (QED) is 0.818. The van der Waals surface area contributed by atoms with Crippen molar-refractivity contribution < 1.29 is 14.4 Å². The van der Waals surface area contributed by atoms with E-state index in [1.54, 1.807) is 18.2 Å². The highest BCUT2D eigenvalue weighted by molar-refractivity contribution is 9.10. The van der Waals surface area contributed by atoms with Crippen LogP contribution in [0.4, 0.5) is 5.69 Å². The van der Waals surface area contributed by atoms with Crippen LogP contribution in [0.25, 0.3) is 0 Å². The number of nitrogens with one attached hydrogen (secondary N) is 1. The fraction of sp³-hybridized carbons (Fsp3) is 0.471. The van der Waals surface area contributed by atoms with Gasteiger partial charge in [0, 0.05) is 11.0 Å². The number of nitrogens with zero attached hydrogens (tertiary/aromatic N) is 1. The van der Waals surface area contributed by atoms with E-state index in [9.17, 15) is 14.4 Å². The Morgan fingerprint density at radius 3 is 2.70 bits per heavy atom. The summed E-state index contributed by atoms with van der Waals surface area (Å²) in [6.45, 7) is 0.550. The first-order valence-corrected chi connectivity index (χ1v) is 8.78. The van der Waals surface area contributed by atoms with Gasteiger partial charge in [-0.1, -0.05) is 35.2 Å². The van der Waals surface area contributed by atoms with E-state index < -0.39 is 11.7 Å². The Kier molecular flexibility index (Phi) is 4.80. The number of fused-ring (bicyclic) bond motifs is 1. The van der Waals surface area contributed by atoms with E-state index in [2.05, 4.69) is 21.2 Å². The predicted molar refractivity (Wildman–Crippen MR) is 90.4 cm³/mol. The van der Waals surface area contributed by atoms with Crippen LogP contribution in [0, 0.1) is 5.92 Å². The second-order valence-corrected chi connectivity index (χ2v) is 7.11. The first-order valence-electron chi connectivity index (χ1n) is 7.98. The summed E-state index contributed by atoms with van der Waals surface area (Å²) in [6, 6.07) is 5.07. The lowest BCUT2D eigenvalue weighted by atomic mass is 9.89. The molecule has 122 valence electrons. The summed E-state index contributed by atoms with van der Waals surface area (Å²) in [7, 11) is 0. The van der Waals surface area contributed by atoms with E-state index in [0.29, 0.717) is 23.7 Å². The van der Waals surface area contributed by atoms with Crippen molar-refractivity contribution in [2.75, 3.05) is 18.0 Å². The summed E-state index contributed by atoms with van der Waals surface area (Å²) in [6.07, 6.45) is 6.03. The highest BCUT2D eigenvalue weighted by atomic mass is 79.9. The van der Waals surface area contributed by atoms with Crippen LogP contribution >= 0.6 is 15.9 Å². The van der Waals surface area contributed by atoms with Gasteiger partial charge in [0.2, 0.25) is 5.91 Å². The lowest BCUT2D eigenvalue weighted by Crippen LogP contribution is -2.41. The molecular formula is C17H19BrN2O3. The third-order valence-corrected chi connectivity index (χ3v) is 5.04. The van der Waals surface area contributed by atoms with Crippen LogP contribution in [0.3, 0.4) is 0 Å². The Bertz CT molecular complexity index is 653. The van der Waals surface area contributed by atoms with Gasteiger partial charge >= 0.3 is 0 Å². The van der Waals surface area contributed by atoms with Crippen LogP contribution in [-0.4, -0.2) is 30.7 Å². The Hall–Kier alpha value is -1.69. The number of hydrogen-bond acceptors (Lipinski definition) is 3. The molecule has 0 saturated heterocycles. The Balaban J connectivity index is 1.62. The molecule has 0 atom stereocenters. The first kappa shape index (κ1) is 16.2. The molecule has 0 aromatic heterocycles. The van der Waals surface area contributed by atoms with Gasteiger partial charge in [0.05, 0.1) is 11.3 Å². The van der Waals surface area contributed by atoms with Crippen LogP contribution in [0.5, 0.6) is 0 Å². The molecular weight excluding hydrogens is 360 g/mol. The molecule has 2 aliphatic rings. The number of hydrogen-bond donors (Lipinski definition) is 1. The molecule has 1 saturated carbocycles. The molecule has 1 aliphatic heterocycles. The molecule has 1 fully saturated rings. The minimum absolute atomic E-state index is 0.105. The van der Waals surface area contributed by atoms with Gasteiger partial charge in [-0.15, -0.1) is 0 Å². The van der Waals surface area contributed by atoms with Crippen molar-refractivity contribution >= 4 is 39.2 Å². The molecule has 0 bridgehead atoms. The summed E-state index contributed by atoms with van der Waals surface area (Å²) in [5.41, 5.74) is 0.862. The summed E-state index contributed by atoms with van der Waals surface area (Å²) < 4.78 is 0.737. The summed E-state index contributed by atoms with van der Waals surface area (Å²) in [5, 5.41) is 2.90. The highest BCUT2D eigenvalue weighted by Crippen LogP contribution is 2.31. The van der Waals surface area contributed by atoms with E-state index in [1.807, 2.05) is 0 Å². The molecule has 23 heavy (non-hydrogen) atoms. The topological polar surface area (TPSA) is 66.5 Å². The molecule has 0 radical (unpaired) electrons. The highest BCUT2D eigenvalue weighted by Gasteiger charge is 2.36. The number of Topliss-reactive ketones (excluding diaryl/α,β-unsaturated/α-hetero) is 1. The van der Waals surface area contributed by atoms with Crippen LogP contribution in [-0.2, 0) is 9.59 Å². The third-order valence-electron chi connectivity index (χ3n) is 4.55. The number of rotatable bonds is 4. The van der Waals surface area contributed by atoms with E-state index >= 15 is 0 Å². The molecule has 6 heteroatoms. The lowest BCUT2D eigenvalue weighted by Gasteiger charge is -2.22. The van der Waals surface area contributed by atoms with Gasteiger partial charge in [-0.3, -0.25) is 19.3 Å². The van der Waals surface area contributed by atoms with E-state index in [4.69, 9.17) is 0 Å². The number of carbonyl (C=O) groups is 3. The number of ketones is 1. The number of halogens is 1. The van der Waals surface area contributed by atoms with Gasteiger partial charge in [-0.2, -0.15) is 0 Å². The monoisotopic (exact) mass is 378 g/mol. The second kappa shape index (κ2) is 6.83. The lowest BCUT2D eigenvalue weighted by molar-refractivity contribution is -0.122. The molecule has 2 amide bonds. The SMILES string of the molecule is O=C(CN1C(=O)C(=O)c2cc(Br)ccc21)NCC1CCCCC1. The normalized spacial score (nSPS) is 18.2. The fourth-order valence-electron chi connectivity index (χ4n) is 3.28. The zero-order chi connectivity index (χ0) is 16.4. The van der Waals surface area contributed by atoms with Crippen molar-refractivity contribution in [1.29, 1.82) is 0 Å². The van der Waals surface area contributed by atoms with E-state index in [-0.39, 0.29) is 12.5 Å². The van der Waals surface area contributed by atoms with Gasteiger partial charge in [0.1, 0.15) is 6.54 Å². The molecule has 1 N–H and O–H groups in total. The summed E-state index contributed by atoms with van der Waals surface area (Å²) in [5.74, 6) is -0.869. The molecule has 0 unspecified atom stereocenters. The molecule has 3 rings (SSSR count). The standard InChI is InChI=1S/C17H19BrN2O3/c18-12-6-7-14-13(8-12)16(22)17(23)20(14)10-15(21)19-9-11-4-2-1-3-5-11/h6-8,11H,1-5,9-10H2,(H,19,21). The number of anilines is 1. The van der Waals surface area contributed by atoms with Crippen LogP contribution in [0.1, 0.15) is 42.5 Å². The first-order chi connectivity index (χ1) is 11.1. The van der Waals surface area contributed by atoms with Crippen molar-refractivity contribution in [3.8, 4) is 0 Å². The maximum Gasteiger partial charge on any atom is 0.299 e. The molecule has 1 aliphatic carbocycles. The smallest absolute Gasteiger partial charge is 0.299 e. The van der Waals surface area contributed by atoms with Crippen molar-refractivity contribution in [1.82, 2.24) is 5.32 Å². The minimum Gasteiger partial charge on any atom is -0.354 e. The second-order valence-electron chi connectivity index (χ2n) is 6.19. The maximum absolute atomic E-state index is 12.1. The van der Waals surface area contributed by atoms with E-state index in [0.717, 1.165) is 17.3 Å². The minimum atomic E-state index is -0.633. The number of amides is 2. The molecule has 1 aromatic carbocycles. The molecule has 1 heterocycles. The van der Waals surface area contributed by atoms with Crippen molar-refractivity contribution in [3.63, 3.8) is 0 Å². The fourth-order valence-corrected chi connectivity index (χ4v) is 3.64. The van der Waals surface area contributed by atoms with Gasteiger partial charge < -0.3 is 5.32 Å². The van der Waals surface area contributed by atoms with Gasteiger partial charge in [-0.05, 0) is 37.0 Å². The van der Waals surface area contributed by atoms with Gasteiger partial charge in [0.15, 0.2) is 0 Å². The maximum atomic E-state index is 12.1. The third kappa shape index (κ3) is 3.47. The summed E-state index contributed by atoms with van der Waals surface area (Å²) in [4.78, 5) is 37.5. The average molecular weight is 379 g/mol. The van der Waals surface area contributed by atoms with Crippen molar-refractivity contribution in [3.05, 3.63) is 28.2 Å². The van der Waals surface area contributed by atoms with Crippen LogP contribution < -0.4 is 10.2 Å². The molecule has 0 spiro atoms. The van der Waals surface area contributed by atoms with Crippen LogP contribution in [0.15, 0.2) is 22.7 Å². The predicted octanol–water partition coefficient (Wildman–Crippen LogP) is 2.67. The average Bonchev–Trinajstić information content (AvgIpc) is 2.79. The molecule has 1 aromatic rings. The zero-order valence-corrected chi connectivity index (χ0v) is 14.4. The van der Waals surface area contributed by atoms with Crippen molar-refractivity contribution in [2.45, 2.75) is 32.1 Å². The van der Waals surface area contributed by atoms with E-state index in [1.165, 1.54) is 24.2 Å². The molecule has 5 nitrogen and oxygen atoms in total. The van der Waals surface area contributed by atoms with Crippen LogP contribution in [0.2, 0.25) is 0 Å².